The predicted octanol–water partition coefficient (Wildman–Crippen LogP) is 6.71. The van der Waals surface area contributed by atoms with Gasteiger partial charge in [0.15, 0.2) is 11.6 Å². The summed E-state index contributed by atoms with van der Waals surface area (Å²) < 4.78 is 14.2. The van der Waals surface area contributed by atoms with E-state index in [1.807, 2.05) is 48.5 Å². The number of phenols is 1. The summed E-state index contributed by atoms with van der Waals surface area (Å²) in [4.78, 5) is 2.01. The number of anilines is 1. The summed E-state index contributed by atoms with van der Waals surface area (Å²) in [7, 11) is 0. The van der Waals surface area contributed by atoms with E-state index in [4.69, 9.17) is 11.6 Å². The number of nitrogens with one attached hydrogen (secondary N) is 1. The molecule has 0 saturated carbocycles. The number of halogens is 3. The average Bonchev–Trinajstić information content (AvgIpc) is 2.60. The van der Waals surface area contributed by atoms with E-state index >= 15 is 0 Å². The highest BCUT2D eigenvalue weighted by molar-refractivity contribution is 9.10. The maximum atomic E-state index is 13.6. The first-order valence-corrected chi connectivity index (χ1v) is 9.45. The zero-order valence-corrected chi connectivity index (χ0v) is 16.1. The van der Waals surface area contributed by atoms with E-state index in [1.165, 1.54) is 6.07 Å². The van der Waals surface area contributed by atoms with E-state index in [0.717, 1.165) is 15.4 Å². The Bertz CT molecular complexity index is 906. The third-order valence-electron chi connectivity index (χ3n) is 3.53. The van der Waals surface area contributed by atoms with Crippen molar-refractivity contribution in [1.82, 2.24) is 0 Å². The van der Waals surface area contributed by atoms with E-state index in [-0.39, 0.29) is 5.75 Å². The Balaban J connectivity index is 1.81. The van der Waals surface area contributed by atoms with Gasteiger partial charge in [-0.2, -0.15) is 0 Å². The van der Waals surface area contributed by atoms with Crippen LogP contribution in [0.25, 0.3) is 0 Å². The second-order valence-corrected chi connectivity index (χ2v) is 7.68. The number of benzene rings is 3. The van der Waals surface area contributed by atoms with Gasteiger partial charge in [0, 0.05) is 20.8 Å². The molecule has 0 bridgehead atoms. The van der Waals surface area contributed by atoms with Gasteiger partial charge >= 0.3 is 0 Å². The first kappa shape index (κ1) is 18.1. The van der Waals surface area contributed by atoms with Crippen LogP contribution in [0.1, 0.15) is 5.56 Å². The van der Waals surface area contributed by atoms with E-state index in [0.29, 0.717) is 21.7 Å². The molecule has 0 aliphatic heterocycles. The second kappa shape index (κ2) is 8.13. The van der Waals surface area contributed by atoms with Crippen molar-refractivity contribution in [3.8, 4) is 5.75 Å². The highest BCUT2D eigenvalue weighted by atomic mass is 79.9. The largest absolute Gasteiger partial charge is 0.503 e. The van der Waals surface area contributed by atoms with Gasteiger partial charge in [-0.25, -0.2) is 4.39 Å². The topological polar surface area (TPSA) is 32.3 Å². The molecule has 3 aromatic carbocycles. The van der Waals surface area contributed by atoms with Crippen molar-refractivity contribution in [3.05, 3.63) is 81.5 Å². The van der Waals surface area contributed by atoms with Gasteiger partial charge in [0.1, 0.15) is 0 Å². The van der Waals surface area contributed by atoms with Crippen molar-refractivity contribution in [2.45, 2.75) is 16.3 Å². The van der Waals surface area contributed by atoms with Gasteiger partial charge in [0.05, 0.1) is 10.7 Å². The molecule has 25 heavy (non-hydrogen) atoms. The SMILES string of the molecule is Oc1c(F)cc(Br)cc1NCc1ccccc1Sc1ccccc1Cl. The lowest BCUT2D eigenvalue weighted by Gasteiger charge is -2.13. The van der Waals surface area contributed by atoms with Crippen molar-refractivity contribution in [3.63, 3.8) is 0 Å². The molecule has 0 atom stereocenters. The minimum absolute atomic E-state index is 0.337. The summed E-state index contributed by atoms with van der Waals surface area (Å²) in [6.45, 7) is 0.442. The molecule has 2 nitrogen and oxygen atoms in total. The van der Waals surface area contributed by atoms with Crippen molar-refractivity contribution < 1.29 is 9.50 Å². The number of hydrogen-bond donors (Lipinski definition) is 2. The van der Waals surface area contributed by atoms with Crippen LogP contribution in [0.3, 0.4) is 0 Å². The maximum absolute atomic E-state index is 13.6. The minimum atomic E-state index is -0.671. The fourth-order valence-electron chi connectivity index (χ4n) is 2.29. The van der Waals surface area contributed by atoms with Crippen LogP contribution in [0, 0.1) is 5.82 Å². The number of aromatic hydroxyl groups is 1. The molecule has 0 radical (unpaired) electrons. The fourth-order valence-corrected chi connectivity index (χ4v) is 3.93. The summed E-state index contributed by atoms with van der Waals surface area (Å²) >= 11 is 11.0. The van der Waals surface area contributed by atoms with Crippen molar-refractivity contribution >= 4 is 45.0 Å². The summed E-state index contributed by atoms with van der Waals surface area (Å²) in [5.74, 6) is -1.06. The Morgan fingerprint density at radius 2 is 1.72 bits per heavy atom. The number of phenolic OH excluding ortho intramolecular Hbond substituents is 1. The quantitative estimate of drug-likeness (QED) is 0.434. The average molecular weight is 439 g/mol. The molecule has 3 aromatic rings. The van der Waals surface area contributed by atoms with Gasteiger partial charge in [-0.05, 0) is 35.9 Å². The van der Waals surface area contributed by atoms with Crippen LogP contribution in [0.2, 0.25) is 5.02 Å². The van der Waals surface area contributed by atoms with E-state index in [9.17, 15) is 9.50 Å². The highest BCUT2D eigenvalue weighted by Crippen LogP contribution is 2.36. The monoisotopic (exact) mass is 437 g/mol. The molecule has 0 unspecified atom stereocenters. The van der Waals surface area contributed by atoms with Gasteiger partial charge in [-0.1, -0.05) is 69.6 Å². The van der Waals surface area contributed by atoms with Crippen LogP contribution in [0.4, 0.5) is 10.1 Å². The number of rotatable bonds is 5. The second-order valence-electron chi connectivity index (χ2n) is 5.28. The highest BCUT2D eigenvalue weighted by Gasteiger charge is 2.11. The Morgan fingerprint density at radius 1 is 1.04 bits per heavy atom. The van der Waals surface area contributed by atoms with Gasteiger partial charge in [-0.15, -0.1) is 0 Å². The molecule has 0 amide bonds. The molecule has 6 heteroatoms. The molecule has 0 spiro atoms. The van der Waals surface area contributed by atoms with Crippen LogP contribution in [0.15, 0.2) is 74.9 Å². The summed E-state index contributed by atoms with van der Waals surface area (Å²) in [5.41, 5.74) is 1.36. The molecule has 0 heterocycles. The smallest absolute Gasteiger partial charge is 0.175 e. The summed E-state index contributed by atoms with van der Waals surface area (Å²) in [6, 6.07) is 18.4. The third kappa shape index (κ3) is 4.48. The molecule has 128 valence electrons. The molecular formula is C19H14BrClFNOS. The van der Waals surface area contributed by atoms with Crippen LogP contribution >= 0.6 is 39.3 Å². The van der Waals surface area contributed by atoms with Crippen molar-refractivity contribution in [1.29, 1.82) is 0 Å². The first-order valence-electron chi connectivity index (χ1n) is 7.47. The van der Waals surface area contributed by atoms with Crippen LogP contribution in [-0.2, 0) is 6.54 Å². The van der Waals surface area contributed by atoms with E-state index < -0.39 is 5.82 Å². The van der Waals surface area contributed by atoms with Crippen molar-refractivity contribution in [2.75, 3.05) is 5.32 Å². The van der Waals surface area contributed by atoms with Gasteiger partial charge in [0.2, 0.25) is 0 Å². The fraction of sp³-hybridized carbons (Fsp3) is 0.0526. The predicted molar refractivity (Wildman–Crippen MR) is 105 cm³/mol. The normalized spacial score (nSPS) is 10.7. The molecule has 0 aromatic heterocycles. The molecule has 2 N–H and O–H groups in total. The molecule has 0 fully saturated rings. The Labute approximate surface area is 163 Å². The Kier molecular flexibility index (Phi) is 5.89. The maximum Gasteiger partial charge on any atom is 0.175 e. The Morgan fingerprint density at radius 3 is 2.48 bits per heavy atom. The number of hydrogen-bond acceptors (Lipinski definition) is 3. The van der Waals surface area contributed by atoms with E-state index in [1.54, 1.807) is 17.8 Å². The zero-order chi connectivity index (χ0) is 17.8. The van der Waals surface area contributed by atoms with Crippen LogP contribution in [-0.4, -0.2) is 5.11 Å². The summed E-state index contributed by atoms with van der Waals surface area (Å²) in [6.07, 6.45) is 0. The molecule has 0 aliphatic carbocycles. The van der Waals surface area contributed by atoms with Gasteiger partial charge in [0.25, 0.3) is 0 Å². The Hall–Kier alpha value is -1.69. The van der Waals surface area contributed by atoms with Gasteiger partial charge < -0.3 is 10.4 Å². The molecule has 0 saturated heterocycles. The lowest BCUT2D eigenvalue weighted by Crippen LogP contribution is -2.02. The van der Waals surface area contributed by atoms with E-state index in [2.05, 4.69) is 21.2 Å². The molecule has 0 aliphatic rings. The standard InChI is InChI=1S/C19H14BrClFNOS/c20-13-9-15(22)19(24)16(10-13)23-11-12-5-1-3-7-17(12)25-18-8-4-2-6-14(18)21/h1-10,23-24H,11H2. The molecular weight excluding hydrogens is 425 g/mol. The minimum Gasteiger partial charge on any atom is -0.503 e. The third-order valence-corrected chi connectivity index (χ3v) is 5.62. The van der Waals surface area contributed by atoms with Crippen LogP contribution in [0.5, 0.6) is 5.75 Å². The molecule has 3 rings (SSSR count). The summed E-state index contributed by atoms with van der Waals surface area (Å²) in [5, 5.41) is 13.6. The van der Waals surface area contributed by atoms with Crippen molar-refractivity contribution in [2.24, 2.45) is 0 Å². The first-order chi connectivity index (χ1) is 12.0. The lowest BCUT2D eigenvalue weighted by molar-refractivity contribution is 0.434. The van der Waals surface area contributed by atoms with Gasteiger partial charge in [-0.3, -0.25) is 0 Å². The van der Waals surface area contributed by atoms with Crippen LogP contribution < -0.4 is 5.32 Å². The zero-order valence-electron chi connectivity index (χ0n) is 13.0. The lowest BCUT2D eigenvalue weighted by atomic mass is 10.2.